The highest BCUT2D eigenvalue weighted by Gasteiger charge is 2.30. The summed E-state index contributed by atoms with van der Waals surface area (Å²) in [6.45, 7) is 1.55. The molecule has 1 N–H and O–H groups in total. The number of rotatable bonds is 4. The summed E-state index contributed by atoms with van der Waals surface area (Å²) >= 11 is 0. The highest BCUT2D eigenvalue weighted by molar-refractivity contribution is 5.97. The number of aryl methyl sites for hydroxylation is 1. The number of hydrogen-bond donors (Lipinski definition) is 1. The highest BCUT2D eigenvalue weighted by atomic mass is 19.4. The zero-order valence-electron chi connectivity index (χ0n) is 15.0. The van der Waals surface area contributed by atoms with E-state index >= 15 is 0 Å². The first-order valence-electron chi connectivity index (χ1n) is 8.28. The van der Waals surface area contributed by atoms with Crippen molar-refractivity contribution in [2.75, 3.05) is 7.11 Å². The Labute approximate surface area is 158 Å². The Hall–Kier alpha value is -3.16. The van der Waals surface area contributed by atoms with Crippen LogP contribution in [0.4, 0.5) is 17.6 Å². The second kappa shape index (κ2) is 7.46. The Morgan fingerprint density at radius 3 is 2.61 bits per heavy atom. The van der Waals surface area contributed by atoms with Crippen molar-refractivity contribution >= 4 is 16.8 Å². The maximum Gasteiger partial charge on any atom is 0.416 e. The van der Waals surface area contributed by atoms with Gasteiger partial charge in [0.25, 0.3) is 5.91 Å². The summed E-state index contributed by atoms with van der Waals surface area (Å²) < 4.78 is 57.3. The molecular weight excluding hydrogens is 376 g/mol. The van der Waals surface area contributed by atoms with Crippen LogP contribution in [0.25, 0.3) is 10.9 Å². The first-order valence-corrected chi connectivity index (χ1v) is 8.28. The molecule has 0 spiro atoms. The molecule has 8 heteroatoms. The molecule has 0 aliphatic heterocycles. The van der Waals surface area contributed by atoms with Crippen molar-refractivity contribution in [1.82, 2.24) is 10.3 Å². The number of methoxy groups -OCH3 is 1. The number of halogens is 4. The van der Waals surface area contributed by atoms with Gasteiger partial charge in [0.1, 0.15) is 17.3 Å². The summed E-state index contributed by atoms with van der Waals surface area (Å²) in [6, 6.07) is 8.61. The molecule has 0 atom stereocenters. The van der Waals surface area contributed by atoms with Gasteiger partial charge in [-0.3, -0.25) is 4.79 Å². The molecule has 0 radical (unpaired) electrons. The smallest absolute Gasteiger partial charge is 0.416 e. The van der Waals surface area contributed by atoms with Gasteiger partial charge in [-0.15, -0.1) is 0 Å². The van der Waals surface area contributed by atoms with Gasteiger partial charge in [0.05, 0.1) is 18.2 Å². The van der Waals surface area contributed by atoms with Gasteiger partial charge < -0.3 is 10.1 Å². The summed E-state index contributed by atoms with van der Waals surface area (Å²) in [5, 5.41) is 2.97. The van der Waals surface area contributed by atoms with Gasteiger partial charge in [0.2, 0.25) is 0 Å². The van der Waals surface area contributed by atoms with Crippen molar-refractivity contribution in [3.8, 4) is 5.75 Å². The van der Waals surface area contributed by atoms with Gasteiger partial charge in [0, 0.05) is 18.0 Å². The number of pyridine rings is 1. The van der Waals surface area contributed by atoms with E-state index in [2.05, 4.69) is 10.3 Å². The van der Waals surface area contributed by atoms with E-state index < -0.39 is 23.5 Å². The zero-order valence-corrected chi connectivity index (χ0v) is 15.0. The monoisotopic (exact) mass is 392 g/mol. The van der Waals surface area contributed by atoms with Crippen LogP contribution in [0, 0.1) is 12.7 Å². The number of aromatic nitrogens is 1. The average Bonchev–Trinajstić information content (AvgIpc) is 2.65. The van der Waals surface area contributed by atoms with E-state index in [0.717, 1.165) is 12.1 Å². The van der Waals surface area contributed by atoms with Crippen LogP contribution in [0.2, 0.25) is 0 Å². The predicted octanol–water partition coefficient (Wildman–Crippen LogP) is 4.64. The molecule has 0 fully saturated rings. The number of nitrogens with zero attached hydrogens (tertiary/aromatic N) is 1. The van der Waals surface area contributed by atoms with Gasteiger partial charge in [-0.25, -0.2) is 9.37 Å². The molecule has 0 unspecified atom stereocenters. The minimum atomic E-state index is -4.46. The molecule has 4 nitrogen and oxygen atoms in total. The number of fused-ring (bicyclic) bond motifs is 1. The fourth-order valence-corrected chi connectivity index (χ4v) is 2.84. The Kier molecular flexibility index (Phi) is 5.22. The lowest BCUT2D eigenvalue weighted by Crippen LogP contribution is -2.24. The van der Waals surface area contributed by atoms with Gasteiger partial charge >= 0.3 is 6.18 Å². The lowest BCUT2D eigenvalue weighted by Gasteiger charge is -2.12. The van der Waals surface area contributed by atoms with Crippen LogP contribution in [-0.4, -0.2) is 18.0 Å². The van der Waals surface area contributed by atoms with Crippen molar-refractivity contribution in [1.29, 1.82) is 0 Å². The quantitative estimate of drug-likeness (QED) is 0.658. The van der Waals surface area contributed by atoms with Crippen LogP contribution in [0.3, 0.4) is 0 Å². The summed E-state index contributed by atoms with van der Waals surface area (Å²) in [5.41, 5.74) is 0.466. The summed E-state index contributed by atoms with van der Waals surface area (Å²) in [6.07, 6.45) is -4.46. The van der Waals surface area contributed by atoms with E-state index in [9.17, 15) is 22.4 Å². The number of carbonyl (C=O) groups is 1. The number of amides is 1. The topological polar surface area (TPSA) is 51.2 Å². The van der Waals surface area contributed by atoms with Crippen LogP contribution in [0.5, 0.6) is 5.75 Å². The van der Waals surface area contributed by atoms with Gasteiger partial charge in [-0.2, -0.15) is 13.2 Å². The van der Waals surface area contributed by atoms with E-state index in [0.29, 0.717) is 22.0 Å². The average molecular weight is 392 g/mol. The van der Waals surface area contributed by atoms with Crippen LogP contribution in [-0.2, 0) is 12.7 Å². The lowest BCUT2D eigenvalue weighted by molar-refractivity contribution is -0.137. The van der Waals surface area contributed by atoms with Gasteiger partial charge in [0.15, 0.2) is 0 Å². The molecule has 0 aliphatic rings. The lowest BCUT2D eigenvalue weighted by atomic mass is 10.1. The predicted molar refractivity (Wildman–Crippen MR) is 95.6 cm³/mol. The Morgan fingerprint density at radius 2 is 1.93 bits per heavy atom. The standard InChI is InChI=1S/C20H16F4N2O2/c1-11-6-14(21)8-15-17(28-2)9-16(26-18(11)15)19(27)25-10-12-4-3-5-13(7-12)20(22,23)24/h3-9H,10H2,1-2H3,(H,25,27). The van der Waals surface area contributed by atoms with Crippen LogP contribution in [0.15, 0.2) is 42.5 Å². The SMILES string of the molecule is COc1cc(C(=O)NCc2cccc(C(F)(F)F)c2)nc2c(C)cc(F)cc12. The minimum absolute atomic E-state index is 0.0195. The molecule has 146 valence electrons. The Morgan fingerprint density at radius 1 is 1.18 bits per heavy atom. The number of benzene rings is 2. The van der Waals surface area contributed by atoms with Crippen molar-refractivity contribution < 1.29 is 27.1 Å². The van der Waals surface area contributed by atoms with E-state index in [1.165, 1.54) is 37.4 Å². The van der Waals surface area contributed by atoms with E-state index in [4.69, 9.17) is 4.74 Å². The first-order chi connectivity index (χ1) is 13.2. The molecule has 3 aromatic rings. The normalized spacial score (nSPS) is 11.5. The fraction of sp³-hybridized carbons (Fsp3) is 0.200. The van der Waals surface area contributed by atoms with Crippen LogP contribution >= 0.6 is 0 Å². The second-order valence-corrected chi connectivity index (χ2v) is 6.21. The maximum absolute atomic E-state index is 13.7. The minimum Gasteiger partial charge on any atom is -0.496 e. The molecule has 0 bridgehead atoms. The third-order valence-corrected chi connectivity index (χ3v) is 4.19. The van der Waals surface area contributed by atoms with Crippen molar-refractivity contribution in [2.24, 2.45) is 0 Å². The molecule has 1 amide bonds. The number of hydrogen-bond acceptors (Lipinski definition) is 3. The number of alkyl halides is 3. The number of carbonyl (C=O) groups excluding carboxylic acids is 1. The molecule has 1 aromatic heterocycles. The number of ether oxygens (including phenoxy) is 1. The van der Waals surface area contributed by atoms with Crippen molar-refractivity contribution in [2.45, 2.75) is 19.6 Å². The largest absolute Gasteiger partial charge is 0.496 e. The Balaban J connectivity index is 1.86. The first kappa shape index (κ1) is 19.6. The third kappa shape index (κ3) is 4.05. The molecule has 2 aromatic carbocycles. The molecule has 3 rings (SSSR count). The van der Waals surface area contributed by atoms with Crippen molar-refractivity contribution in [3.63, 3.8) is 0 Å². The van der Waals surface area contributed by atoms with Gasteiger partial charge in [-0.05, 0) is 42.3 Å². The van der Waals surface area contributed by atoms with Gasteiger partial charge in [-0.1, -0.05) is 12.1 Å². The van der Waals surface area contributed by atoms with E-state index in [1.54, 1.807) is 6.92 Å². The van der Waals surface area contributed by atoms with E-state index in [1.807, 2.05) is 0 Å². The zero-order chi connectivity index (χ0) is 20.5. The molecule has 28 heavy (non-hydrogen) atoms. The second-order valence-electron chi connectivity index (χ2n) is 6.21. The molecule has 0 aliphatic carbocycles. The van der Waals surface area contributed by atoms with Crippen molar-refractivity contribution in [3.05, 3.63) is 70.7 Å². The summed E-state index contributed by atoms with van der Waals surface area (Å²) in [7, 11) is 1.39. The number of nitrogens with one attached hydrogen (secondary N) is 1. The fourth-order valence-electron chi connectivity index (χ4n) is 2.84. The van der Waals surface area contributed by atoms with E-state index in [-0.39, 0.29) is 18.0 Å². The summed E-state index contributed by atoms with van der Waals surface area (Å²) in [5.74, 6) is -0.759. The molecule has 0 saturated carbocycles. The molecular formula is C20H16F4N2O2. The molecule has 1 heterocycles. The third-order valence-electron chi connectivity index (χ3n) is 4.19. The maximum atomic E-state index is 13.7. The van der Waals surface area contributed by atoms with Crippen LogP contribution in [0.1, 0.15) is 27.2 Å². The van der Waals surface area contributed by atoms with Crippen LogP contribution < -0.4 is 10.1 Å². The highest BCUT2D eigenvalue weighted by Crippen LogP contribution is 2.30. The summed E-state index contributed by atoms with van der Waals surface area (Å²) in [4.78, 5) is 16.7. The molecule has 0 saturated heterocycles. The Bertz CT molecular complexity index is 1050.